The van der Waals surface area contributed by atoms with Gasteiger partial charge < -0.3 is 19.7 Å². The van der Waals surface area contributed by atoms with Crippen molar-refractivity contribution in [3.63, 3.8) is 0 Å². The smallest absolute Gasteiger partial charge is 0.261 e. The molecule has 2 aromatic carbocycles. The summed E-state index contributed by atoms with van der Waals surface area (Å²) in [5.74, 6) is 0.979. The average Bonchev–Trinajstić information content (AvgIpc) is 2.76. The third kappa shape index (κ3) is 7.02. The minimum absolute atomic E-state index is 0.0411. The van der Waals surface area contributed by atoms with Gasteiger partial charge in [-0.2, -0.15) is 0 Å². The normalized spacial score (nSPS) is 12.6. The zero-order chi connectivity index (χ0) is 23.0. The predicted octanol–water partition coefficient (Wildman–Crippen LogP) is 4.02. The SMILES string of the molecule is CC[C@H](C)NC(=O)[C@@H](C)N(Cc1ccc(OC)cc1)C(=O)COc1ccc(C)cc1C. The monoisotopic (exact) mass is 426 g/mol. The highest BCUT2D eigenvalue weighted by molar-refractivity contribution is 5.88. The predicted molar refractivity (Wildman–Crippen MR) is 122 cm³/mol. The Balaban J connectivity index is 2.17. The molecule has 0 unspecified atom stereocenters. The third-order valence-electron chi connectivity index (χ3n) is 5.36. The molecule has 2 rings (SSSR count). The van der Waals surface area contributed by atoms with Crippen molar-refractivity contribution in [2.24, 2.45) is 0 Å². The summed E-state index contributed by atoms with van der Waals surface area (Å²) in [5, 5.41) is 2.96. The van der Waals surface area contributed by atoms with Gasteiger partial charge in [-0.15, -0.1) is 0 Å². The van der Waals surface area contributed by atoms with Gasteiger partial charge in [0.2, 0.25) is 5.91 Å². The zero-order valence-corrected chi connectivity index (χ0v) is 19.4. The van der Waals surface area contributed by atoms with Crippen LogP contribution in [0.2, 0.25) is 0 Å². The molecule has 1 N–H and O–H groups in total. The van der Waals surface area contributed by atoms with Gasteiger partial charge in [0.05, 0.1) is 7.11 Å². The van der Waals surface area contributed by atoms with Gasteiger partial charge in [0.25, 0.3) is 5.91 Å². The number of aryl methyl sites for hydroxylation is 2. The van der Waals surface area contributed by atoms with E-state index in [2.05, 4.69) is 5.32 Å². The summed E-state index contributed by atoms with van der Waals surface area (Å²) >= 11 is 0. The largest absolute Gasteiger partial charge is 0.497 e. The highest BCUT2D eigenvalue weighted by Gasteiger charge is 2.27. The Bertz CT molecular complexity index is 880. The second kappa shape index (κ2) is 11.4. The maximum absolute atomic E-state index is 13.1. The second-order valence-electron chi connectivity index (χ2n) is 7.92. The zero-order valence-electron chi connectivity index (χ0n) is 19.4. The Labute approximate surface area is 185 Å². The maximum Gasteiger partial charge on any atom is 0.261 e. The number of carbonyl (C=O) groups excluding carboxylic acids is 2. The summed E-state index contributed by atoms with van der Waals surface area (Å²) in [6, 6.07) is 12.7. The van der Waals surface area contributed by atoms with Crippen LogP contribution in [0.15, 0.2) is 42.5 Å². The lowest BCUT2D eigenvalue weighted by Gasteiger charge is -2.29. The molecule has 0 heterocycles. The van der Waals surface area contributed by atoms with Crippen molar-refractivity contribution in [1.29, 1.82) is 0 Å². The minimum Gasteiger partial charge on any atom is -0.497 e. The van der Waals surface area contributed by atoms with E-state index >= 15 is 0 Å². The molecule has 0 spiro atoms. The summed E-state index contributed by atoms with van der Waals surface area (Å²) in [5.41, 5.74) is 3.01. The van der Waals surface area contributed by atoms with Crippen LogP contribution in [0.3, 0.4) is 0 Å². The number of benzene rings is 2. The minimum atomic E-state index is -0.633. The van der Waals surface area contributed by atoms with Gasteiger partial charge in [0.1, 0.15) is 17.5 Å². The molecule has 2 atom stereocenters. The molecule has 6 nitrogen and oxygen atoms in total. The van der Waals surface area contributed by atoms with Gasteiger partial charge in [-0.25, -0.2) is 0 Å². The van der Waals surface area contributed by atoms with Crippen LogP contribution in [-0.4, -0.2) is 42.5 Å². The third-order valence-corrected chi connectivity index (χ3v) is 5.36. The number of nitrogens with zero attached hydrogens (tertiary/aromatic N) is 1. The number of ether oxygens (including phenoxy) is 2. The van der Waals surface area contributed by atoms with Gasteiger partial charge in [-0.05, 0) is 63.4 Å². The Hall–Kier alpha value is -3.02. The van der Waals surface area contributed by atoms with Gasteiger partial charge >= 0.3 is 0 Å². The molecule has 0 radical (unpaired) electrons. The first kappa shape index (κ1) is 24.3. The highest BCUT2D eigenvalue weighted by Crippen LogP contribution is 2.20. The average molecular weight is 427 g/mol. The van der Waals surface area contributed by atoms with Crippen molar-refractivity contribution < 1.29 is 19.1 Å². The number of methoxy groups -OCH3 is 1. The molecule has 0 aliphatic heterocycles. The molecule has 0 saturated heterocycles. The van der Waals surface area contributed by atoms with Crippen molar-refractivity contribution in [2.75, 3.05) is 13.7 Å². The molecule has 2 aromatic rings. The van der Waals surface area contributed by atoms with Crippen molar-refractivity contribution in [3.8, 4) is 11.5 Å². The van der Waals surface area contributed by atoms with Crippen molar-refractivity contribution in [3.05, 3.63) is 59.2 Å². The fourth-order valence-corrected chi connectivity index (χ4v) is 3.16. The molecule has 0 aliphatic rings. The molecule has 6 heteroatoms. The van der Waals surface area contributed by atoms with Crippen LogP contribution in [-0.2, 0) is 16.1 Å². The van der Waals surface area contributed by atoms with E-state index in [0.29, 0.717) is 12.3 Å². The Morgan fingerprint density at radius 3 is 2.32 bits per heavy atom. The summed E-state index contributed by atoms with van der Waals surface area (Å²) < 4.78 is 11.0. The van der Waals surface area contributed by atoms with E-state index in [0.717, 1.165) is 28.9 Å². The van der Waals surface area contributed by atoms with Crippen LogP contribution >= 0.6 is 0 Å². The molecule has 0 aliphatic carbocycles. The molecule has 0 saturated carbocycles. The number of hydrogen-bond acceptors (Lipinski definition) is 4. The molecular weight excluding hydrogens is 392 g/mol. The summed E-state index contributed by atoms with van der Waals surface area (Å²) in [6.45, 7) is 9.82. The number of carbonyl (C=O) groups is 2. The Morgan fingerprint density at radius 1 is 1.06 bits per heavy atom. The van der Waals surface area contributed by atoms with E-state index in [1.807, 2.05) is 70.2 Å². The summed E-state index contributed by atoms with van der Waals surface area (Å²) in [7, 11) is 1.61. The van der Waals surface area contributed by atoms with E-state index in [9.17, 15) is 9.59 Å². The fraction of sp³-hybridized carbons (Fsp3) is 0.440. The summed E-state index contributed by atoms with van der Waals surface area (Å²) in [4.78, 5) is 27.4. The molecule has 0 fully saturated rings. The van der Waals surface area contributed by atoms with E-state index in [1.54, 1.807) is 18.9 Å². The van der Waals surface area contributed by atoms with Crippen LogP contribution in [0.1, 0.15) is 43.9 Å². The number of amides is 2. The lowest BCUT2D eigenvalue weighted by molar-refractivity contribution is -0.142. The first-order chi connectivity index (χ1) is 14.7. The van der Waals surface area contributed by atoms with Gasteiger partial charge in [0.15, 0.2) is 6.61 Å². The second-order valence-corrected chi connectivity index (χ2v) is 7.92. The topological polar surface area (TPSA) is 67.9 Å². The van der Waals surface area contributed by atoms with Crippen molar-refractivity contribution in [1.82, 2.24) is 10.2 Å². The number of rotatable bonds is 10. The first-order valence-electron chi connectivity index (χ1n) is 10.7. The van der Waals surface area contributed by atoms with Crippen LogP contribution in [0.4, 0.5) is 0 Å². The van der Waals surface area contributed by atoms with Crippen LogP contribution in [0.5, 0.6) is 11.5 Å². The summed E-state index contributed by atoms with van der Waals surface area (Å²) in [6.07, 6.45) is 0.820. The lowest BCUT2D eigenvalue weighted by atomic mass is 10.1. The Morgan fingerprint density at radius 2 is 1.74 bits per heavy atom. The van der Waals surface area contributed by atoms with Crippen LogP contribution in [0, 0.1) is 13.8 Å². The molecule has 2 amide bonds. The number of nitrogens with one attached hydrogen (secondary N) is 1. The molecule has 168 valence electrons. The van der Waals surface area contributed by atoms with Crippen molar-refractivity contribution in [2.45, 2.75) is 59.7 Å². The standard InChI is InChI=1S/C25H34N2O4/c1-7-19(4)26-25(29)20(5)27(15-21-9-11-22(30-6)12-10-21)24(28)16-31-23-13-8-17(2)14-18(23)3/h8-14,19-20H,7,15-16H2,1-6H3,(H,26,29)/t19-,20+/m0/s1. The van der Waals surface area contributed by atoms with E-state index in [4.69, 9.17) is 9.47 Å². The molecule has 0 aromatic heterocycles. The van der Waals surface area contributed by atoms with E-state index < -0.39 is 6.04 Å². The van der Waals surface area contributed by atoms with Crippen LogP contribution in [0.25, 0.3) is 0 Å². The van der Waals surface area contributed by atoms with E-state index in [-0.39, 0.29) is 24.5 Å². The van der Waals surface area contributed by atoms with Crippen LogP contribution < -0.4 is 14.8 Å². The Kier molecular flexibility index (Phi) is 8.91. The lowest BCUT2D eigenvalue weighted by Crippen LogP contribution is -2.50. The quantitative estimate of drug-likeness (QED) is 0.623. The van der Waals surface area contributed by atoms with E-state index in [1.165, 1.54) is 0 Å². The molecule has 0 bridgehead atoms. The fourth-order valence-electron chi connectivity index (χ4n) is 3.16. The molecule has 31 heavy (non-hydrogen) atoms. The number of hydrogen-bond donors (Lipinski definition) is 1. The first-order valence-corrected chi connectivity index (χ1v) is 10.7. The van der Waals surface area contributed by atoms with Gasteiger partial charge in [-0.3, -0.25) is 9.59 Å². The van der Waals surface area contributed by atoms with Gasteiger partial charge in [-0.1, -0.05) is 36.8 Å². The molecular formula is C25H34N2O4. The highest BCUT2D eigenvalue weighted by atomic mass is 16.5. The maximum atomic E-state index is 13.1. The van der Waals surface area contributed by atoms with Gasteiger partial charge in [0, 0.05) is 12.6 Å². The van der Waals surface area contributed by atoms with Crippen molar-refractivity contribution >= 4 is 11.8 Å².